The molecule has 0 aliphatic heterocycles. The van der Waals surface area contributed by atoms with E-state index in [1.807, 2.05) is 0 Å². The molecule has 1 saturated carbocycles. The van der Waals surface area contributed by atoms with Crippen LogP contribution >= 0.6 is 0 Å². The van der Waals surface area contributed by atoms with Crippen molar-refractivity contribution in [1.82, 2.24) is 0 Å². The molecule has 0 saturated heterocycles. The first-order valence-corrected chi connectivity index (χ1v) is 4.07. The third-order valence-electron chi connectivity index (χ3n) is 2.30. The molecule has 2 unspecified atom stereocenters. The van der Waals surface area contributed by atoms with Crippen LogP contribution in [0.1, 0.15) is 39.2 Å². The molecule has 0 amide bonds. The number of hydrogen-bond acceptors (Lipinski definition) is 2. The van der Waals surface area contributed by atoms with Crippen LogP contribution < -0.4 is 0 Å². The Bertz CT molecular complexity index is 764. The van der Waals surface area contributed by atoms with Crippen molar-refractivity contribution in [3.63, 3.8) is 0 Å². The average Bonchev–Trinajstić information content (AvgIpc) is 2.64. The molecule has 3 aliphatic rings. The van der Waals surface area contributed by atoms with Crippen molar-refractivity contribution in [3.8, 4) is 0 Å². The summed E-state index contributed by atoms with van der Waals surface area (Å²) in [6, 6.07) is 0. The number of ketones is 2. The lowest BCUT2D eigenvalue weighted by Crippen LogP contribution is -2.23. The molecule has 2 nitrogen and oxygen atoms in total. The average molecular weight is 198 g/mol. The maximum atomic E-state index is 12.3. The van der Waals surface area contributed by atoms with Gasteiger partial charge in [-0.15, -0.1) is 0 Å². The lowest BCUT2D eigenvalue weighted by Gasteiger charge is -2.29. The van der Waals surface area contributed by atoms with Crippen LogP contribution in [-0.2, 0) is 9.59 Å². The van der Waals surface area contributed by atoms with Gasteiger partial charge in [-0.3, -0.25) is 9.59 Å². The summed E-state index contributed by atoms with van der Waals surface area (Å²) in [5.74, 6) is -9.30. The summed E-state index contributed by atoms with van der Waals surface area (Å²) < 4.78 is 80.4. The van der Waals surface area contributed by atoms with Gasteiger partial charge >= 0.3 is 0 Å². The van der Waals surface area contributed by atoms with Gasteiger partial charge in [0.15, 0.2) is 0 Å². The highest BCUT2D eigenvalue weighted by atomic mass is 16.2. The van der Waals surface area contributed by atoms with Gasteiger partial charge in [0.1, 0.15) is 0 Å². The van der Waals surface area contributed by atoms with Crippen molar-refractivity contribution in [2.45, 2.75) is 25.5 Å². The summed E-state index contributed by atoms with van der Waals surface area (Å²) in [6.07, 6.45) is -11.9. The van der Waals surface area contributed by atoms with Crippen LogP contribution in [0, 0.1) is 11.8 Å². The standard InChI is InChI=1S/C12H12O2/c13-11-8-5-1-3-7-4-2-6-9(10(7)8)12(11)14/h1,5,7,9H,2-4,6H2/i2D2,3D2,4D2,6D2,7D,9D. The molecule has 14 heavy (non-hydrogen) atoms. The van der Waals surface area contributed by atoms with E-state index in [2.05, 4.69) is 0 Å². The SMILES string of the molecule is [2H]C1([2H])C=CC2=C3C([2H])(C(=O)C2=O)C([2H])([2H])C([2H])([2H])C([2H])([2H])C31[2H]. The molecule has 2 atom stereocenters. The van der Waals surface area contributed by atoms with Crippen LogP contribution in [0.4, 0.5) is 0 Å². The van der Waals surface area contributed by atoms with Gasteiger partial charge < -0.3 is 0 Å². The van der Waals surface area contributed by atoms with E-state index >= 15 is 0 Å². The Morgan fingerprint density at radius 3 is 3.14 bits per heavy atom. The van der Waals surface area contributed by atoms with E-state index in [4.69, 9.17) is 13.7 Å². The minimum Gasteiger partial charge on any atom is -0.290 e. The van der Waals surface area contributed by atoms with Gasteiger partial charge in [-0.2, -0.15) is 0 Å². The third kappa shape index (κ3) is 0.861. The fraction of sp³-hybridized carbons (Fsp3) is 0.500. The van der Waals surface area contributed by atoms with E-state index in [1.54, 1.807) is 0 Å². The van der Waals surface area contributed by atoms with Gasteiger partial charge in [-0.1, -0.05) is 18.5 Å². The first kappa shape index (κ1) is 2.91. The molecule has 0 aromatic heterocycles. The predicted octanol–water partition coefficient (Wildman–Crippen LogP) is 1.81. The van der Waals surface area contributed by atoms with Gasteiger partial charge in [0, 0.05) is 25.2 Å². The highest BCUT2D eigenvalue weighted by Gasteiger charge is 2.44. The smallest absolute Gasteiger partial charge is 0.229 e. The quantitative estimate of drug-likeness (QED) is 0.556. The highest BCUT2D eigenvalue weighted by Crippen LogP contribution is 2.45. The Labute approximate surface area is 96.7 Å². The molecular formula is C12H12O2. The molecule has 0 aromatic carbocycles. The van der Waals surface area contributed by atoms with Crippen molar-refractivity contribution in [1.29, 1.82) is 0 Å². The Hall–Kier alpha value is -1.18. The van der Waals surface area contributed by atoms with Crippen molar-refractivity contribution < 1.29 is 23.3 Å². The molecule has 3 aliphatic carbocycles. The molecule has 0 bridgehead atoms. The summed E-state index contributed by atoms with van der Waals surface area (Å²) in [7, 11) is 0. The number of allylic oxidation sites excluding steroid dienone is 4. The fourth-order valence-corrected chi connectivity index (χ4v) is 1.67. The monoisotopic (exact) mass is 198 g/mol. The van der Waals surface area contributed by atoms with Crippen LogP contribution in [0.5, 0.6) is 0 Å². The summed E-state index contributed by atoms with van der Waals surface area (Å²) in [4.78, 5) is 24.5. The largest absolute Gasteiger partial charge is 0.290 e. The van der Waals surface area contributed by atoms with E-state index in [-0.39, 0.29) is 0 Å². The second-order valence-electron chi connectivity index (χ2n) is 3.05. The number of Topliss-reactive ketones (excluding diaryl/α,β-unsaturated/α-hetero) is 2. The zero-order valence-corrected chi connectivity index (χ0v) is 6.97. The normalized spacial score (nSPS) is 70.6. The first-order valence-electron chi connectivity index (χ1n) is 9.07. The van der Waals surface area contributed by atoms with Gasteiger partial charge in [0.05, 0.1) is 0 Å². The summed E-state index contributed by atoms with van der Waals surface area (Å²) in [6.45, 7) is 0. The molecular weight excluding hydrogens is 176 g/mol. The highest BCUT2D eigenvalue weighted by molar-refractivity contribution is 6.48. The van der Waals surface area contributed by atoms with Crippen molar-refractivity contribution >= 4 is 11.6 Å². The zero-order chi connectivity index (χ0) is 18.7. The van der Waals surface area contributed by atoms with Crippen LogP contribution in [-0.4, -0.2) is 11.6 Å². The number of rotatable bonds is 0. The Balaban J connectivity index is 2.55. The minimum absolute atomic E-state index is 0.594. The Kier molecular flexibility index (Phi) is 0.552. The zero-order valence-electron chi connectivity index (χ0n) is 17.0. The maximum absolute atomic E-state index is 12.3. The molecule has 72 valence electrons. The van der Waals surface area contributed by atoms with Gasteiger partial charge in [0.25, 0.3) is 0 Å². The molecule has 0 radical (unpaired) electrons. The second-order valence-corrected chi connectivity index (χ2v) is 3.05. The molecule has 2 heteroatoms. The summed E-state index contributed by atoms with van der Waals surface area (Å²) >= 11 is 0. The van der Waals surface area contributed by atoms with Crippen molar-refractivity contribution in [3.05, 3.63) is 23.3 Å². The van der Waals surface area contributed by atoms with E-state index in [0.717, 1.165) is 6.08 Å². The molecule has 0 heterocycles. The van der Waals surface area contributed by atoms with E-state index < -0.39 is 60.0 Å². The number of carbonyl (C=O) groups is 2. The van der Waals surface area contributed by atoms with Crippen LogP contribution in [0.15, 0.2) is 23.3 Å². The summed E-state index contributed by atoms with van der Waals surface area (Å²) in [5, 5.41) is 0. The second kappa shape index (κ2) is 2.66. The maximum Gasteiger partial charge on any atom is 0.229 e. The molecule has 0 N–H and O–H groups in total. The van der Waals surface area contributed by atoms with Gasteiger partial charge in [-0.05, 0) is 30.6 Å². The van der Waals surface area contributed by atoms with Crippen LogP contribution in [0.3, 0.4) is 0 Å². The van der Waals surface area contributed by atoms with Crippen LogP contribution in [0.2, 0.25) is 0 Å². The van der Waals surface area contributed by atoms with E-state index in [0.29, 0.717) is 6.08 Å². The van der Waals surface area contributed by atoms with Crippen molar-refractivity contribution in [2.75, 3.05) is 0 Å². The van der Waals surface area contributed by atoms with Gasteiger partial charge in [-0.25, -0.2) is 0 Å². The van der Waals surface area contributed by atoms with E-state index in [1.165, 1.54) is 0 Å². The van der Waals surface area contributed by atoms with E-state index in [9.17, 15) is 9.59 Å². The van der Waals surface area contributed by atoms with Gasteiger partial charge in [0.2, 0.25) is 11.6 Å². The minimum atomic E-state index is -3.59. The van der Waals surface area contributed by atoms with Crippen molar-refractivity contribution in [2.24, 2.45) is 11.8 Å². The predicted molar refractivity (Wildman–Crippen MR) is 51.6 cm³/mol. The molecule has 3 rings (SSSR count). The molecule has 0 aromatic rings. The Morgan fingerprint density at radius 2 is 2.29 bits per heavy atom. The number of carbonyl (C=O) groups excluding carboxylic acids is 2. The fourth-order valence-electron chi connectivity index (χ4n) is 1.67. The lowest BCUT2D eigenvalue weighted by atomic mass is 9.74. The Morgan fingerprint density at radius 1 is 1.43 bits per heavy atom. The first-order chi connectivity index (χ1) is 10.5. The topological polar surface area (TPSA) is 34.1 Å². The molecule has 1 fully saturated rings. The third-order valence-corrected chi connectivity index (χ3v) is 2.30. The lowest BCUT2D eigenvalue weighted by molar-refractivity contribution is -0.135. The molecule has 0 spiro atoms. The number of hydrogen-bond donors (Lipinski definition) is 0. The van der Waals surface area contributed by atoms with Crippen LogP contribution in [0.25, 0.3) is 0 Å². The summed E-state index contributed by atoms with van der Waals surface area (Å²) in [5.41, 5.74) is -1.54.